The summed E-state index contributed by atoms with van der Waals surface area (Å²) < 4.78 is 0. The van der Waals surface area contributed by atoms with Gasteiger partial charge in [0.05, 0.1) is 10.5 Å². The second-order valence-electron chi connectivity index (χ2n) is 4.62. The van der Waals surface area contributed by atoms with Crippen molar-refractivity contribution in [3.05, 3.63) is 15.8 Å². The molecule has 0 aliphatic rings. The molecule has 9 heteroatoms. The van der Waals surface area contributed by atoms with Gasteiger partial charge in [0, 0.05) is 19.3 Å². The fourth-order valence-electron chi connectivity index (χ4n) is 1.66. The third-order valence-corrected chi connectivity index (χ3v) is 3.47. The van der Waals surface area contributed by atoms with Crippen molar-refractivity contribution in [2.24, 2.45) is 0 Å². The molecule has 0 fully saturated rings. The van der Waals surface area contributed by atoms with Gasteiger partial charge in [0.1, 0.15) is 5.69 Å². The first kappa shape index (κ1) is 16.4. The Morgan fingerprint density at radius 2 is 2.15 bits per heavy atom. The molecular weight excluding hydrogens is 282 g/mol. The number of aryl methyl sites for hydroxylation is 1. The van der Waals surface area contributed by atoms with Crippen molar-refractivity contribution in [2.45, 2.75) is 19.4 Å². The van der Waals surface area contributed by atoms with Gasteiger partial charge in [-0.25, -0.2) is 4.98 Å². The fraction of sp³-hybridized carbons (Fsp3) is 0.636. The van der Waals surface area contributed by atoms with Gasteiger partial charge in [-0.15, -0.1) is 0 Å². The molecule has 3 N–H and O–H groups in total. The highest BCUT2D eigenvalue weighted by atomic mass is 32.2. The van der Waals surface area contributed by atoms with E-state index in [1.165, 1.54) is 11.8 Å². The van der Waals surface area contributed by atoms with Gasteiger partial charge in [0.15, 0.2) is 0 Å². The molecule has 0 radical (unpaired) electrons. The van der Waals surface area contributed by atoms with Crippen LogP contribution in [-0.2, 0) is 0 Å². The maximum atomic E-state index is 11.1. The second-order valence-corrected chi connectivity index (χ2v) is 5.49. The van der Waals surface area contributed by atoms with Crippen molar-refractivity contribution >= 4 is 29.2 Å². The van der Waals surface area contributed by atoms with Crippen molar-refractivity contribution < 1.29 is 10.0 Å². The molecule has 0 saturated heterocycles. The van der Waals surface area contributed by atoms with Crippen molar-refractivity contribution in [3.63, 3.8) is 0 Å². The predicted molar refractivity (Wildman–Crippen MR) is 80.5 cm³/mol. The lowest BCUT2D eigenvalue weighted by atomic mass is 10.1. The lowest BCUT2D eigenvalue weighted by Crippen LogP contribution is -2.36. The SMILES string of the molecule is CNc1nc(C)c([N+](=O)[O-])c(NCC(C)(O)CSC)n1. The molecule has 0 aliphatic heterocycles. The Bertz CT molecular complexity index is 495. The van der Waals surface area contributed by atoms with Gasteiger partial charge in [-0.05, 0) is 20.1 Å². The minimum absolute atomic E-state index is 0.105. The van der Waals surface area contributed by atoms with Gasteiger partial charge >= 0.3 is 5.69 Å². The normalized spacial score (nSPS) is 13.7. The summed E-state index contributed by atoms with van der Waals surface area (Å²) in [5.41, 5.74) is -0.892. The van der Waals surface area contributed by atoms with Gasteiger partial charge < -0.3 is 15.7 Å². The number of anilines is 2. The highest BCUT2D eigenvalue weighted by Crippen LogP contribution is 2.27. The Morgan fingerprint density at radius 3 is 2.65 bits per heavy atom. The number of nitrogens with zero attached hydrogens (tertiary/aromatic N) is 3. The number of nitro groups is 1. The topological polar surface area (TPSA) is 113 Å². The molecule has 1 heterocycles. The van der Waals surface area contributed by atoms with E-state index in [-0.39, 0.29) is 23.7 Å². The van der Waals surface area contributed by atoms with Crippen LogP contribution in [0.3, 0.4) is 0 Å². The lowest BCUT2D eigenvalue weighted by molar-refractivity contribution is -0.385. The second kappa shape index (κ2) is 6.71. The zero-order chi connectivity index (χ0) is 15.3. The molecule has 1 rings (SSSR count). The number of nitrogens with one attached hydrogen (secondary N) is 2. The first-order chi connectivity index (χ1) is 9.30. The van der Waals surface area contributed by atoms with Crippen LogP contribution in [0.2, 0.25) is 0 Å². The highest BCUT2D eigenvalue weighted by molar-refractivity contribution is 7.98. The maximum absolute atomic E-state index is 11.1. The van der Waals surface area contributed by atoms with E-state index in [1.807, 2.05) is 6.26 Å². The smallest absolute Gasteiger partial charge is 0.332 e. The lowest BCUT2D eigenvalue weighted by Gasteiger charge is -2.22. The van der Waals surface area contributed by atoms with Gasteiger partial charge in [0.25, 0.3) is 0 Å². The summed E-state index contributed by atoms with van der Waals surface area (Å²) in [6, 6.07) is 0. The fourth-order valence-corrected chi connectivity index (χ4v) is 2.38. The monoisotopic (exact) mass is 301 g/mol. The summed E-state index contributed by atoms with van der Waals surface area (Å²) in [4.78, 5) is 18.6. The first-order valence-corrected chi connectivity index (χ1v) is 7.36. The average Bonchev–Trinajstić information content (AvgIpc) is 2.35. The standard InChI is InChI=1S/C11H19N5O3S/c1-7-8(16(18)19)9(15-10(12-3)14-7)13-5-11(2,17)6-20-4/h17H,5-6H2,1-4H3,(H2,12,13,14,15). The Balaban J connectivity index is 3.03. The Kier molecular flexibility index (Phi) is 5.52. The van der Waals surface area contributed by atoms with Gasteiger partial charge in [-0.3, -0.25) is 10.1 Å². The zero-order valence-corrected chi connectivity index (χ0v) is 12.7. The van der Waals surface area contributed by atoms with Crippen LogP contribution in [0.5, 0.6) is 0 Å². The van der Waals surface area contributed by atoms with E-state index < -0.39 is 10.5 Å². The van der Waals surface area contributed by atoms with Gasteiger partial charge in [-0.2, -0.15) is 16.7 Å². The molecule has 0 saturated carbocycles. The van der Waals surface area contributed by atoms with Crippen molar-refractivity contribution in [1.29, 1.82) is 0 Å². The molecule has 1 atom stereocenters. The molecule has 0 amide bonds. The van der Waals surface area contributed by atoms with Crippen LogP contribution in [0.4, 0.5) is 17.5 Å². The van der Waals surface area contributed by atoms with E-state index in [0.29, 0.717) is 11.7 Å². The third kappa shape index (κ3) is 4.20. The van der Waals surface area contributed by atoms with E-state index in [9.17, 15) is 15.2 Å². The molecule has 1 unspecified atom stereocenters. The quantitative estimate of drug-likeness (QED) is 0.509. The van der Waals surface area contributed by atoms with E-state index in [0.717, 1.165) is 0 Å². The highest BCUT2D eigenvalue weighted by Gasteiger charge is 2.25. The molecule has 112 valence electrons. The molecular formula is C11H19N5O3S. The van der Waals surface area contributed by atoms with E-state index in [1.54, 1.807) is 20.9 Å². The number of hydrogen-bond donors (Lipinski definition) is 3. The molecule has 0 aliphatic carbocycles. The van der Waals surface area contributed by atoms with Crippen LogP contribution in [0.25, 0.3) is 0 Å². The Labute approximate surface area is 121 Å². The maximum Gasteiger partial charge on any atom is 0.332 e. The van der Waals surface area contributed by atoms with Crippen molar-refractivity contribution in [3.8, 4) is 0 Å². The van der Waals surface area contributed by atoms with Crippen LogP contribution < -0.4 is 10.6 Å². The predicted octanol–water partition coefficient (Wildman–Crippen LogP) is 1.26. The summed E-state index contributed by atoms with van der Waals surface area (Å²) in [6.45, 7) is 3.37. The number of hydrogen-bond acceptors (Lipinski definition) is 8. The largest absolute Gasteiger partial charge is 0.387 e. The van der Waals surface area contributed by atoms with E-state index in [2.05, 4.69) is 20.6 Å². The summed E-state index contributed by atoms with van der Waals surface area (Å²) in [5.74, 6) is 0.907. The summed E-state index contributed by atoms with van der Waals surface area (Å²) >= 11 is 1.50. The van der Waals surface area contributed by atoms with Crippen molar-refractivity contribution in [2.75, 3.05) is 36.2 Å². The Hall–Kier alpha value is -1.61. The van der Waals surface area contributed by atoms with E-state index in [4.69, 9.17) is 0 Å². The average molecular weight is 301 g/mol. The summed E-state index contributed by atoms with van der Waals surface area (Å²) in [7, 11) is 1.63. The first-order valence-electron chi connectivity index (χ1n) is 5.96. The molecule has 20 heavy (non-hydrogen) atoms. The Morgan fingerprint density at radius 1 is 1.50 bits per heavy atom. The minimum atomic E-state index is -0.980. The van der Waals surface area contributed by atoms with E-state index >= 15 is 0 Å². The molecule has 0 aromatic carbocycles. The minimum Gasteiger partial charge on any atom is -0.387 e. The summed E-state index contributed by atoms with van der Waals surface area (Å²) in [5, 5.41) is 26.8. The van der Waals surface area contributed by atoms with Crippen LogP contribution in [0.15, 0.2) is 0 Å². The molecule has 1 aromatic heterocycles. The number of aliphatic hydroxyl groups is 1. The third-order valence-electron chi connectivity index (χ3n) is 2.56. The summed E-state index contributed by atoms with van der Waals surface area (Å²) in [6.07, 6.45) is 1.88. The molecule has 8 nitrogen and oxygen atoms in total. The van der Waals surface area contributed by atoms with Crippen molar-refractivity contribution in [1.82, 2.24) is 9.97 Å². The number of aromatic nitrogens is 2. The van der Waals surface area contributed by atoms with Crippen LogP contribution >= 0.6 is 11.8 Å². The van der Waals surface area contributed by atoms with Gasteiger partial charge in [-0.1, -0.05) is 0 Å². The zero-order valence-electron chi connectivity index (χ0n) is 11.9. The molecule has 1 aromatic rings. The van der Waals surface area contributed by atoms with Crippen LogP contribution in [0, 0.1) is 17.0 Å². The molecule has 0 bridgehead atoms. The number of thioether (sulfide) groups is 1. The number of rotatable bonds is 7. The van der Waals surface area contributed by atoms with Gasteiger partial charge in [0.2, 0.25) is 11.8 Å². The van der Waals surface area contributed by atoms with Crippen LogP contribution in [-0.4, -0.2) is 51.2 Å². The van der Waals surface area contributed by atoms with Crippen LogP contribution in [0.1, 0.15) is 12.6 Å². The molecule has 0 spiro atoms.